The number of anilines is 5. The molecule has 4 N–H and O–H groups in total. The summed E-state index contributed by atoms with van der Waals surface area (Å²) in [7, 11) is 2.16. The zero-order chi connectivity index (χ0) is 22.7. The first kappa shape index (κ1) is 23.0. The van der Waals surface area contributed by atoms with Crippen LogP contribution in [0.25, 0.3) is 10.9 Å². The van der Waals surface area contributed by atoms with Gasteiger partial charge in [0.1, 0.15) is 5.69 Å². The predicted octanol–water partition coefficient (Wildman–Crippen LogP) is 4.25. The predicted molar refractivity (Wildman–Crippen MR) is 143 cm³/mol. The van der Waals surface area contributed by atoms with E-state index in [9.17, 15) is 0 Å². The highest BCUT2D eigenvalue weighted by Crippen LogP contribution is 2.35. The van der Waals surface area contributed by atoms with Crippen LogP contribution in [0.1, 0.15) is 13.8 Å². The van der Waals surface area contributed by atoms with Gasteiger partial charge in [0.2, 0.25) is 11.8 Å². The fourth-order valence-electron chi connectivity index (χ4n) is 3.62. The molecule has 0 spiro atoms. The maximum Gasteiger partial charge on any atom is 0.244 e. The number of nitrogen functional groups attached to an aromatic ring is 1. The minimum Gasteiger partial charge on any atom is -0.473 e. The third kappa shape index (κ3) is 5.24. The second-order valence-corrected chi connectivity index (χ2v) is 10.0. The van der Waals surface area contributed by atoms with Gasteiger partial charge in [-0.25, -0.2) is 0 Å². The van der Waals surface area contributed by atoms with Gasteiger partial charge in [-0.05, 0) is 67.2 Å². The van der Waals surface area contributed by atoms with E-state index in [0.29, 0.717) is 29.7 Å². The Morgan fingerprint density at radius 3 is 2.66 bits per heavy atom. The molecular formula is C21H28IN8OP. The molecule has 1 aliphatic rings. The number of halogens is 1. The van der Waals surface area contributed by atoms with Gasteiger partial charge in [0.05, 0.1) is 11.6 Å². The summed E-state index contributed by atoms with van der Waals surface area (Å²) in [4.78, 5) is 18.4. The van der Waals surface area contributed by atoms with E-state index in [4.69, 9.17) is 10.5 Å². The van der Waals surface area contributed by atoms with Gasteiger partial charge in [-0.1, -0.05) is 0 Å². The van der Waals surface area contributed by atoms with Crippen LogP contribution in [0.4, 0.5) is 28.8 Å². The van der Waals surface area contributed by atoms with Crippen molar-refractivity contribution in [2.24, 2.45) is 0 Å². The molecule has 0 bridgehead atoms. The number of nitrogens with one attached hydrogen (secondary N) is 2. The third-order valence-electron chi connectivity index (χ3n) is 5.24. The minimum absolute atomic E-state index is 0.0483. The number of aromatic nitrogens is 3. The number of hydrogen-bond acceptors (Lipinski definition) is 9. The molecule has 1 unspecified atom stereocenters. The van der Waals surface area contributed by atoms with E-state index in [1.165, 1.54) is 5.69 Å². The lowest BCUT2D eigenvalue weighted by Crippen LogP contribution is -2.44. The molecule has 1 atom stereocenters. The summed E-state index contributed by atoms with van der Waals surface area (Å²) < 4.78 is 5.81. The highest BCUT2D eigenvalue weighted by Gasteiger charge is 2.18. The molecule has 9 nitrogen and oxygen atoms in total. The number of hydrogen-bond donors (Lipinski definition) is 3. The number of fused-ring (bicyclic) bond motifs is 1. The zero-order valence-electron chi connectivity index (χ0n) is 18.4. The van der Waals surface area contributed by atoms with Crippen molar-refractivity contribution in [3.8, 4) is 5.88 Å². The van der Waals surface area contributed by atoms with E-state index in [1.54, 1.807) is 0 Å². The number of pyridine rings is 1. The Morgan fingerprint density at radius 2 is 1.94 bits per heavy atom. The molecule has 3 aromatic rings. The number of ether oxygens (including phenoxy) is 1. The summed E-state index contributed by atoms with van der Waals surface area (Å²) in [5, 5.41) is 7.62. The monoisotopic (exact) mass is 566 g/mol. The van der Waals surface area contributed by atoms with Crippen molar-refractivity contribution >= 4 is 68.1 Å². The number of piperazine rings is 1. The van der Waals surface area contributed by atoms with Gasteiger partial charge >= 0.3 is 0 Å². The molecule has 3 heterocycles. The SMILES string of the molecule is CC(C)Oc1nc(Nc2ccc3nccc(N4CCN(C)CC4)c3c2)nc(NPI)c1N. The quantitative estimate of drug-likeness (QED) is 0.286. The standard InChI is InChI=1S/C21H28IN8OP/c1-13(2)31-20-18(23)19(28-32-22)26-21(27-20)25-14-4-5-16-15(12-14)17(6-7-24-16)30-10-8-29(3)9-11-30/h4-7,12-13,32H,8-11,23H2,1-3H3,(H2,25,26,27,28). The average Bonchev–Trinajstić information content (AvgIpc) is 2.77. The first-order chi connectivity index (χ1) is 15.4. The lowest BCUT2D eigenvalue weighted by molar-refractivity contribution is 0.234. The Labute approximate surface area is 202 Å². The second kappa shape index (κ2) is 10.2. The van der Waals surface area contributed by atoms with Crippen molar-refractivity contribution in [1.82, 2.24) is 19.9 Å². The van der Waals surface area contributed by atoms with E-state index in [1.807, 2.05) is 32.2 Å². The topological polar surface area (TPSA) is 104 Å². The minimum atomic E-state index is -0.0483. The van der Waals surface area contributed by atoms with Crippen LogP contribution in [0.15, 0.2) is 30.5 Å². The molecule has 0 saturated carbocycles. The lowest BCUT2D eigenvalue weighted by atomic mass is 10.1. The molecule has 170 valence electrons. The Balaban J connectivity index is 1.67. The van der Waals surface area contributed by atoms with Crippen molar-refractivity contribution in [2.45, 2.75) is 20.0 Å². The zero-order valence-corrected chi connectivity index (χ0v) is 21.5. The first-order valence-electron chi connectivity index (χ1n) is 10.5. The van der Waals surface area contributed by atoms with Gasteiger partial charge in [-0.15, -0.1) is 0 Å². The Bertz CT molecular complexity index is 1090. The Kier molecular flexibility index (Phi) is 7.32. The van der Waals surface area contributed by atoms with Crippen LogP contribution >= 0.6 is 28.4 Å². The molecule has 1 saturated heterocycles. The number of rotatable bonds is 7. The van der Waals surface area contributed by atoms with Gasteiger partial charge in [0.15, 0.2) is 5.82 Å². The van der Waals surface area contributed by atoms with E-state index in [-0.39, 0.29) is 6.10 Å². The fourth-order valence-corrected chi connectivity index (χ4v) is 4.67. The summed E-state index contributed by atoms with van der Waals surface area (Å²) in [5.74, 6) is 1.36. The van der Waals surface area contributed by atoms with Crippen LogP contribution in [0.3, 0.4) is 0 Å². The van der Waals surface area contributed by atoms with E-state index < -0.39 is 0 Å². The van der Waals surface area contributed by atoms with Crippen LogP contribution in [0.5, 0.6) is 5.88 Å². The highest BCUT2D eigenvalue weighted by atomic mass is 127. The van der Waals surface area contributed by atoms with E-state index in [2.05, 4.69) is 76.4 Å². The largest absolute Gasteiger partial charge is 0.473 e. The first-order valence-corrected chi connectivity index (χ1v) is 14.6. The van der Waals surface area contributed by atoms with Crippen molar-refractivity contribution in [1.29, 1.82) is 0 Å². The highest BCUT2D eigenvalue weighted by molar-refractivity contribution is 14.2. The van der Waals surface area contributed by atoms with Gasteiger partial charge in [-0.2, -0.15) is 9.97 Å². The Hall–Kier alpha value is -2.17. The van der Waals surface area contributed by atoms with Crippen molar-refractivity contribution in [2.75, 3.05) is 54.3 Å². The molecule has 1 aliphatic heterocycles. The number of nitrogens with two attached hydrogens (primary N) is 1. The number of benzene rings is 1. The molecule has 1 aromatic carbocycles. The average molecular weight is 566 g/mol. The van der Waals surface area contributed by atoms with Gasteiger partial charge in [0, 0.05) is 55.5 Å². The molecule has 0 radical (unpaired) electrons. The number of nitrogens with zero attached hydrogens (tertiary/aromatic N) is 5. The summed E-state index contributed by atoms with van der Waals surface area (Å²) in [6.45, 7) is 7.97. The normalized spacial score (nSPS) is 15.1. The lowest BCUT2D eigenvalue weighted by Gasteiger charge is -2.34. The van der Waals surface area contributed by atoms with Crippen molar-refractivity contribution in [3.63, 3.8) is 0 Å². The van der Waals surface area contributed by atoms with Crippen molar-refractivity contribution < 1.29 is 4.74 Å². The molecule has 1 fully saturated rings. The van der Waals surface area contributed by atoms with Crippen LogP contribution in [0.2, 0.25) is 0 Å². The molecular weight excluding hydrogens is 538 g/mol. The maximum atomic E-state index is 6.21. The number of likely N-dealkylation sites (N-methyl/N-ethyl adjacent to an activating group) is 1. The van der Waals surface area contributed by atoms with Crippen LogP contribution in [-0.2, 0) is 0 Å². The van der Waals surface area contributed by atoms with Gasteiger partial charge in [0.25, 0.3) is 0 Å². The van der Waals surface area contributed by atoms with Crippen LogP contribution < -0.4 is 25.8 Å². The van der Waals surface area contributed by atoms with Crippen LogP contribution in [-0.4, -0.2) is 59.2 Å². The van der Waals surface area contributed by atoms with Gasteiger partial charge < -0.3 is 30.7 Å². The molecule has 4 rings (SSSR count). The van der Waals surface area contributed by atoms with E-state index >= 15 is 0 Å². The van der Waals surface area contributed by atoms with Gasteiger partial charge in [-0.3, -0.25) is 4.98 Å². The summed E-state index contributed by atoms with van der Waals surface area (Å²) >= 11 is 2.24. The Morgan fingerprint density at radius 1 is 1.16 bits per heavy atom. The van der Waals surface area contributed by atoms with Crippen LogP contribution in [0, 0.1) is 0 Å². The third-order valence-corrected chi connectivity index (χ3v) is 6.38. The smallest absolute Gasteiger partial charge is 0.244 e. The van der Waals surface area contributed by atoms with Crippen molar-refractivity contribution in [3.05, 3.63) is 30.5 Å². The summed E-state index contributed by atoms with van der Waals surface area (Å²) in [6, 6.07) is 8.20. The summed E-state index contributed by atoms with van der Waals surface area (Å²) in [5.41, 5.74) is 9.66. The molecule has 11 heteroatoms. The van der Waals surface area contributed by atoms with E-state index in [0.717, 1.165) is 42.8 Å². The molecule has 32 heavy (non-hydrogen) atoms. The maximum absolute atomic E-state index is 6.21. The fraction of sp³-hybridized carbons (Fsp3) is 0.381. The molecule has 2 aromatic heterocycles. The molecule has 0 aliphatic carbocycles. The second-order valence-electron chi connectivity index (χ2n) is 7.98. The molecule has 0 amide bonds. The summed E-state index contributed by atoms with van der Waals surface area (Å²) in [6.07, 6.45) is 2.25.